The number of benzene rings is 2. The summed E-state index contributed by atoms with van der Waals surface area (Å²) in [6.07, 6.45) is 0.187. The molecule has 2 aromatic carbocycles. The molecule has 0 spiro atoms. The number of amides is 7. The highest BCUT2D eigenvalue weighted by molar-refractivity contribution is 6.00. The number of carboxylic acid groups (broad SMARTS) is 1. The second kappa shape index (κ2) is 28.5. The first kappa shape index (κ1) is 53.1. The Kier molecular flexibility index (Phi) is 23.3. The number of anilines is 2. The molecule has 21 nitrogen and oxygen atoms in total. The van der Waals surface area contributed by atoms with Gasteiger partial charge in [-0.2, -0.15) is 0 Å². The summed E-state index contributed by atoms with van der Waals surface area (Å²) in [6, 6.07) is 8.81. The maximum absolute atomic E-state index is 13.9. The van der Waals surface area contributed by atoms with Crippen LogP contribution < -0.4 is 31.9 Å². The van der Waals surface area contributed by atoms with Gasteiger partial charge in [0.15, 0.2) is 0 Å². The molecule has 1 aliphatic rings. The molecule has 0 aromatic heterocycles. The van der Waals surface area contributed by atoms with E-state index in [2.05, 4.69) is 41.9 Å². The first-order valence-corrected chi connectivity index (χ1v) is 21.8. The highest BCUT2D eigenvalue weighted by Crippen LogP contribution is 2.21. The predicted octanol–water partition coefficient (Wildman–Crippen LogP) is 3.28. The number of para-hydroxylation sites is 1. The van der Waals surface area contributed by atoms with Gasteiger partial charge in [-0.05, 0) is 72.9 Å². The largest absolute Gasteiger partial charge is 0.481 e. The SMILES string of the molecule is Cc1ccccc1NC(=O)Nc1ccc(CC(=O)NC(CC(C)C)C(=O)NC(CC(=O)O)C(=O)NC(C(=O)N2CCCC2C(=O)NCCOCCOCCOCCN=[N+]=[N-])C(C)C)cc1. The number of hydrogen-bond donors (Lipinski definition) is 7. The molecule has 65 heavy (non-hydrogen) atoms. The summed E-state index contributed by atoms with van der Waals surface area (Å²) in [5, 5.41) is 29.2. The zero-order valence-electron chi connectivity index (χ0n) is 37.8. The van der Waals surface area contributed by atoms with Crippen LogP contribution in [0.15, 0.2) is 53.6 Å². The smallest absolute Gasteiger partial charge is 0.323 e. The molecule has 21 heteroatoms. The van der Waals surface area contributed by atoms with E-state index in [1.54, 1.807) is 44.2 Å². The standard InChI is InChI=1S/C44H64N10O11/c1-28(2)25-34(49-37(55)26-31-12-14-32(15-13-31)48-44(62)51-33-10-7-6-9-30(33)5)40(58)50-35(27-38(56)57)41(59)52-39(29(3)4)43(61)54-18-8-11-36(54)42(60)46-16-19-63-21-23-65-24-22-64-20-17-47-53-45/h6-7,9-10,12-15,28-29,34-36,39H,8,11,16-27H2,1-5H3,(H,46,60)(H,49,55)(H,50,58)(H,52,59)(H,56,57)(H2,48,51,62). The second-order valence-electron chi connectivity index (χ2n) is 16.2. The van der Waals surface area contributed by atoms with Crippen molar-refractivity contribution in [1.29, 1.82) is 0 Å². The monoisotopic (exact) mass is 908 g/mol. The number of rotatable bonds is 28. The van der Waals surface area contributed by atoms with Crippen molar-refractivity contribution in [3.63, 3.8) is 0 Å². The molecule has 356 valence electrons. The molecule has 2 aromatic rings. The Bertz CT molecular complexity index is 1940. The topological polar surface area (TPSA) is 292 Å². The van der Waals surface area contributed by atoms with Gasteiger partial charge >= 0.3 is 12.0 Å². The van der Waals surface area contributed by atoms with Crippen LogP contribution in [0.2, 0.25) is 0 Å². The van der Waals surface area contributed by atoms with Gasteiger partial charge in [0, 0.05) is 35.9 Å². The Hall–Kier alpha value is -6.28. The van der Waals surface area contributed by atoms with Crippen LogP contribution in [0.4, 0.5) is 16.2 Å². The van der Waals surface area contributed by atoms with E-state index in [0.29, 0.717) is 56.2 Å². The third-order valence-corrected chi connectivity index (χ3v) is 10.1. The van der Waals surface area contributed by atoms with E-state index in [4.69, 9.17) is 19.7 Å². The van der Waals surface area contributed by atoms with E-state index in [0.717, 1.165) is 5.56 Å². The highest BCUT2D eigenvalue weighted by Gasteiger charge is 2.40. The quantitative estimate of drug-likeness (QED) is 0.0281. The third-order valence-electron chi connectivity index (χ3n) is 10.1. The zero-order valence-corrected chi connectivity index (χ0v) is 37.8. The van der Waals surface area contributed by atoms with Gasteiger partial charge in [0.25, 0.3) is 0 Å². The lowest BCUT2D eigenvalue weighted by atomic mass is 10.00. The second-order valence-corrected chi connectivity index (χ2v) is 16.2. The van der Waals surface area contributed by atoms with Crippen molar-refractivity contribution < 1.29 is 52.9 Å². The first-order valence-electron chi connectivity index (χ1n) is 21.8. The lowest BCUT2D eigenvalue weighted by molar-refractivity contribution is -0.144. The molecule has 4 atom stereocenters. The summed E-state index contributed by atoms with van der Waals surface area (Å²) in [6.45, 7) is 11.4. The van der Waals surface area contributed by atoms with Gasteiger partial charge in [0.1, 0.15) is 24.2 Å². The fourth-order valence-corrected chi connectivity index (χ4v) is 6.80. The van der Waals surface area contributed by atoms with Crippen molar-refractivity contribution in [3.8, 4) is 0 Å². The average Bonchev–Trinajstić information content (AvgIpc) is 3.75. The molecular formula is C44H64N10O11. The number of ether oxygens (including phenoxy) is 3. The number of carboxylic acids is 1. The molecule has 0 radical (unpaired) electrons. The van der Waals surface area contributed by atoms with Gasteiger partial charge < -0.3 is 56.1 Å². The Morgan fingerprint density at radius 3 is 2.11 bits per heavy atom. The van der Waals surface area contributed by atoms with E-state index in [9.17, 15) is 38.7 Å². The molecule has 4 unspecified atom stereocenters. The minimum absolute atomic E-state index is 0.0880. The summed E-state index contributed by atoms with van der Waals surface area (Å²) in [5.74, 6) is -5.06. The van der Waals surface area contributed by atoms with Gasteiger partial charge in [-0.15, -0.1) is 0 Å². The third kappa shape index (κ3) is 19.6. The van der Waals surface area contributed by atoms with Crippen molar-refractivity contribution in [2.24, 2.45) is 17.0 Å². The van der Waals surface area contributed by atoms with Gasteiger partial charge in [-0.25, -0.2) is 4.79 Å². The van der Waals surface area contributed by atoms with E-state index in [-0.39, 0.29) is 57.5 Å². The molecular weight excluding hydrogens is 845 g/mol. The van der Waals surface area contributed by atoms with Gasteiger partial charge in [0.2, 0.25) is 29.5 Å². The van der Waals surface area contributed by atoms with Crippen LogP contribution >= 0.6 is 0 Å². The Balaban J connectivity index is 1.54. The Labute approximate surface area is 379 Å². The van der Waals surface area contributed by atoms with Crippen LogP contribution in [0.25, 0.3) is 10.4 Å². The Morgan fingerprint density at radius 1 is 0.831 bits per heavy atom. The average molecular weight is 909 g/mol. The molecule has 7 amide bonds. The zero-order chi connectivity index (χ0) is 47.7. The van der Waals surface area contributed by atoms with E-state index >= 15 is 0 Å². The van der Waals surface area contributed by atoms with Crippen LogP contribution in [0.3, 0.4) is 0 Å². The van der Waals surface area contributed by atoms with Crippen molar-refractivity contribution in [3.05, 3.63) is 70.1 Å². The molecule has 1 fully saturated rings. The van der Waals surface area contributed by atoms with E-state index < -0.39 is 72.1 Å². The maximum Gasteiger partial charge on any atom is 0.323 e. The maximum atomic E-state index is 13.9. The molecule has 1 saturated heterocycles. The summed E-state index contributed by atoms with van der Waals surface area (Å²) >= 11 is 0. The lowest BCUT2D eigenvalue weighted by Crippen LogP contribution is -2.59. The Morgan fingerprint density at radius 2 is 1.48 bits per heavy atom. The van der Waals surface area contributed by atoms with Gasteiger partial charge in [-0.3, -0.25) is 28.8 Å². The fraction of sp³-hybridized carbons (Fsp3) is 0.568. The van der Waals surface area contributed by atoms with Crippen molar-refractivity contribution in [2.75, 3.05) is 69.9 Å². The predicted molar refractivity (Wildman–Crippen MR) is 241 cm³/mol. The number of nitrogens with one attached hydrogen (secondary N) is 6. The van der Waals surface area contributed by atoms with Crippen LogP contribution in [0, 0.1) is 18.8 Å². The molecule has 0 aliphatic carbocycles. The van der Waals surface area contributed by atoms with Crippen molar-refractivity contribution in [1.82, 2.24) is 26.2 Å². The number of nitrogens with zero attached hydrogens (tertiary/aromatic N) is 4. The van der Waals surface area contributed by atoms with Gasteiger partial charge in [-0.1, -0.05) is 63.1 Å². The summed E-state index contributed by atoms with van der Waals surface area (Å²) < 4.78 is 16.2. The number of aryl methyl sites for hydroxylation is 1. The molecule has 0 saturated carbocycles. The molecule has 3 rings (SSSR count). The number of carbonyl (C=O) groups excluding carboxylic acids is 6. The molecule has 7 N–H and O–H groups in total. The summed E-state index contributed by atoms with van der Waals surface area (Å²) in [4.78, 5) is 96.2. The van der Waals surface area contributed by atoms with Crippen LogP contribution in [-0.4, -0.2) is 135 Å². The minimum atomic E-state index is -1.60. The van der Waals surface area contributed by atoms with Crippen LogP contribution in [0.1, 0.15) is 64.5 Å². The molecule has 1 heterocycles. The van der Waals surface area contributed by atoms with Crippen LogP contribution in [-0.2, 0) is 49.4 Å². The van der Waals surface area contributed by atoms with Crippen LogP contribution in [0.5, 0.6) is 0 Å². The highest BCUT2D eigenvalue weighted by atomic mass is 16.5. The summed E-state index contributed by atoms with van der Waals surface area (Å²) in [7, 11) is 0. The fourth-order valence-electron chi connectivity index (χ4n) is 6.80. The number of carbonyl (C=O) groups is 7. The number of aliphatic carboxylic acids is 1. The first-order chi connectivity index (χ1) is 31.1. The lowest BCUT2D eigenvalue weighted by Gasteiger charge is -2.31. The number of urea groups is 1. The number of hydrogen-bond acceptors (Lipinski definition) is 11. The molecule has 1 aliphatic heterocycles. The summed E-state index contributed by atoms with van der Waals surface area (Å²) in [5.41, 5.74) is 10.9. The number of likely N-dealkylation sites (tertiary alicyclic amines) is 1. The van der Waals surface area contributed by atoms with E-state index in [1.807, 2.05) is 39.0 Å². The van der Waals surface area contributed by atoms with Gasteiger partial charge in [0.05, 0.1) is 52.5 Å². The number of azide groups is 1. The van der Waals surface area contributed by atoms with Crippen molar-refractivity contribution in [2.45, 2.75) is 90.9 Å². The van der Waals surface area contributed by atoms with Crippen molar-refractivity contribution >= 4 is 52.9 Å². The normalized spacial score (nSPS) is 14.7. The molecule has 0 bridgehead atoms. The minimum Gasteiger partial charge on any atom is -0.481 e. The van der Waals surface area contributed by atoms with E-state index in [1.165, 1.54) is 4.90 Å².